The highest BCUT2D eigenvalue weighted by Crippen LogP contribution is 2.25. The maximum atomic E-state index is 12.4. The second kappa shape index (κ2) is 10.8. The number of benzene rings is 2. The van der Waals surface area contributed by atoms with Crippen molar-refractivity contribution in [2.24, 2.45) is 0 Å². The minimum Gasteiger partial charge on any atom is -0.492 e. The number of thiazole rings is 1. The topological polar surface area (TPSA) is 80.3 Å². The number of aryl methyl sites for hydroxylation is 1. The summed E-state index contributed by atoms with van der Waals surface area (Å²) >= 11 is 2.78. The van der Waals surface area contributed by atoms with Gasteiger partial charge in [-0.2, -0.15) is 0 Å². The van der Waals surface area contributed by atoms with Crippen molar-refractivity contribution in [3.63, 3.8) is 0 Å². The van der Waals surface area contributed by atoms with Crippen molar-refractivity contribution in [3.8, 4) is 5.75 Å². The van der Waals surface area contributed by atoms with Gasteiger partial charge in [-0.05, 0) is 38.1 Å². The Morgan fingerprint density at radius 3 is 2.60 bits per heavy atom. The number of amides is 2. The quantitative estimate of drug-likeness (QED) is 0.468. The van der Waals surface area contributed by atoms with E-state index >= 15 is 0 Å². The molecule has 6 nitrogen and oxygen atoms in total. The fraction of sp³-hybridized carbons (Fsp3) is 0.227. The Hall–Kier alpha value is -2.84. The molecule has 0 aliphatic rings. The molecule has 2 amide bonds. The first-order valence-corrected chi connectivity index (χ1v) is 11.4. The van der Waals surface area contributed by atoms with E-state index < -0.39 is 0 Å². The first kappa shape index (κ1) is 21.9. The molecular weight excluding hydrogens is 418 g/mol. The maximum Gasteiger partial charge on any atom is 0.234 e. The van der Waals surface area contributed by atoms with Crippen LogP contribution in [0, 0.1) is 6.92 Å². The zero-order valence-electron chi connectivity index (χ0n) is 16.8. The predicted octanol–water partition coefficient (Wildman–Crippen LogP) is 4.76. The van der Waals surface area contributed by atoms with Crippen LogP contribution in [0.5, 0.6) is 5.75 Å². The number of hydrogen-bond acceptors (Lipinski definition) is 6. The molecule has 0 fully saturated rings. The summed E-state index contributed by atoms with van der Waals surface area (Å²) in [5.74, 6) is 0.642. The van der Waals surface area contributed by atoms with Crippen molar-refractivity contribution >= 4 is 46.3 Å². The molecule has 3 rings (SSSR count). The molecule has 0 aliphatic heterocycles. The Morgan fingerprint density at radius 1 is 1.07 bits per heavy atom. The summed E-state index contributed by atoms with van der Waals surface area (Å²) in [5.41, 5.74) is 3.23. The van der Waals surface area contributed by atoms with Crippen LogP contribution in [-0.4, -0.2) is 29.2 Å². The average molecular weight is 442 g/mol. The van der Waals surface area contributed by atoms with E-state index in [-0.39, 0.29) is 24.0 Å². The van der Waals surface area contributed by atoms with Gasteiger partial charge in [0.25, 0.3) is 0 Å². The number of thioether (sulfide) groups is 1. The van der Waals surface area contributed by atoms with E-state index in [2.05, 4.69) is 15.6 Å². The second-order valence-electron chi connectivity index (χ2n) is 6.46. The van der Waals surface area contributed by atoms with Crippen molar-refractivity contribution in [1.82, 2.24) is 4.98 Å². The van der Waals surface area contributed by atoms with E-state index in [1.807, 2.05) is 61.7 Å². The molecule has 0 radical (unpaired) electrons. The van der Waals surface area contributed by atoms with Gasteiger partial charge in [-0.25, -0.2) is 4.98 Å². The van der Waals surface area contributed by atoms with Gasteiger partial charge >= 0.3 is 0 Å². The normalized spacial score (nSPS) is 10.5. The predicted molar refractivity (Wildman–Crippen MR) is 123 cm³/mol. The summed E-state index contributed by atoms with van der Waals surface area (Å²) in [7, 11) is 0. The van der Waals surface area contributed by atoms with Gasteiger partial charge in [-0.1, -0.05) is 41.6 Å². The van der Waals surface area contributed by atoms with Gasteiger partial charge in [0.1, 0.15) is 5.75 Å². The lowest BCUT2D eigenvalue weighted by Crippen LogP contribution is -2.15. The molecule has 1 aromatic heterocycles. The number of anilines is 2. The molecule has 2 N–H and O–H groups in total. The molecule has 8 heteroatoms. The van der Waals surface area contributed by atoms with Crippen LogP contribution >= 0.6 is 23.1 Å². The summed E-state index contributed by atoms with van der Waals surface area (Å²) in [6, 6.07) is 15.0. The molecule has 0 atom stereocenters. The van der Waals surface area contributed by atoms with E-state index in [1.54, 1.807) is 6.07 Å². The average Bonchev–Trinajstić information content (AvgIpc) is 3.17. The van der Waals surface area contributed by atoms with Gasteiger partial charge in [0.05, 0.1) is 30.2 Å². The highest BCUT2D eigenvalue weighted by atomic mass is 32.2. The summed E-state index contributed by atoms with van der Waals surface area (Å²) in [6.07, 6.45) is 0.160. The Morgan fingerprint density at radius 2 is 1.83 bits per heavy atom. The van der Waals surface area contributed by atoms with E-state index in [4.69, 9.17) is 4.74 Å². The third kappa shape index (κ3) is 6.60. The molecule has 0 saturated heterocycles. The summed E-state index contributed by atoms with van der Waals surface area (Å²) < 4.78 is 6.28. The smallest absolute Gasteiger partial charge is 0.234 e. The van der Waals surface area contributed by atoms with Crippen LogP contribution in [0.4, 0.5) is 11.4 Å². The lowest BCUT2D eigenvalue weighted by molar-refractivity contribution is -0.116. The number of rotatable bonds is 9. The highest BCUT2D eigenvalue weighted by Gasteiger charge is 2.12. The van der Waals surface area contributed by atoms with Crippen molar-refractivity contribution in [2.75, 3.05) is 23.0 Å². The monoisotopic (exact) mass is 441 g/mol. The first-order valence-electron chi connectivity index (χ1n) is 9.49. The SMILES string of the molecule is CCOc1ccccc1NC(=O)Cc1csc(SCC(=O)Nc2ccc(C)cc2)n1. The third-order valence-corrected chi connectivity index (χ3v) is 6.07. The molecule has 0 aliphatic carbocycles. The minimum absolute atomic E-state index is 0.0918. The number of nitrogens with one attached hydrogen (secondary N) is 2. The zero-order chi connectivity index (χ0) is 21.3. The van der Waals surface area contributed by atoms with Crippen LogP contribution in [0.3, 0.4) is 0 Å². The summed E-state index contributed by atoms with van der Waals surface area (Å²) in [6.45, 7) is 4.42. The van der Waals surface area contributed by atoms with Gasteiger partial charge in [0.2, 0.25) is 11.8 Å². The number of ether oxygens (including phenoxy) is 1. The molecule has 0 bridgehead atoms. The van der Waals surface area contributed by atoms with E-state index in [1.165, 1.54) is 23.1 Å². The molecule has 1 heterocycles. The number of aromatic nitrogens is 1. The van der Waals surface area contributed by atoms with E-state index in [9.17, 15) is 9.59 Å². The number of para-hydroxylation sites is 2. The molecule has 30 heavy (non-hydrogen) atoms. The molecule has 2 aromatic carbocycles. The number of carbonyl (C=O) groups is 2. The molecular formula is C22H23N3O3S2. The Bertz CT molecular complexity index is 1000. The molecule has 3 aromatic rings. The number of hydrogen-bond donors (Lipinski definition) is 2. The summed E-state index contributed by atoms with van der Waals surface area (Å²) in [4.78, 5) is 28.9. The minimum atomic E-state index is -0.166. The van der Waals surface area contributed by atoms with Crippen molar-refractivity contribution in [3.05, 3.63) is 65.2 Å². The third-order valence-electron chi connectivity index (χ3n) is 4.00. The van der Waals surface area contributed by atoms with Gasteiger partial charge < -0.3 is 15.4 Å². The number of nitrogens with zero attached hydrogens (tertiary/aromatic N) is 1. The van der Waals surface area contributed by atoms with Gasteiger partial charge in [0.15, 0.2) is 4.34 Å². The van der Waals surface area contributed by atoms with E-state index in [0.29, 0.717) is 23.7 Å². The van der Waals surface area contributed by atoms with Gasteiger partial charge in [-0.3, -0.25) is 9.59 Å². The standard InChI is InChI=1S/C22H23N3O3S2/c1-3-28-19-7-5-4-6-18(19)25-20(26)12-17-13-29-22(24-17)30-14-21(27)23-16-10-8-15(2)9-11-16/h4-11,13H,3,12,14H2,1-2H3,(H,23,27)(H,25,26). The fourth-order valence-corrected chi connectivity index (χ4v) is 4.25. The Balaban J connectivity index is 1.48. The van der Waals surface area contributed by atoms with Crippen molar-refractivity contribution in [1.29, 1.82) is 0 Å². The van der Waals surface area contributed by atoms with Crippen LogP contribution in [0.15, 0.2) is 58.3 Å². The Kier molecular flexibility index (Phi) is 7.87. The fourth-order valence-electron chi connectivity index (χ4n) is 2.61. The van der Waals surface area contributed by atoms with Crippen molar-refractivity contribution < 1.29 is 14.3 Å². The largest absolute Gasteiger partial charge is 0.492 e. The van der Waals surface area contributed by atoms with Crippen LogP contribution in [0.25, 0.3) is 0 Å². The number of carbonyl (C=O) groups excluding carboxylic acids is 2. The van der Waals surface area contributed by atoms with Crippen LogP contribution < -0.4 is 15.4 Å². The molecule has 0 unspecified atom stereocenters. The highest BCUT2D eigenvalue weighted by molar-refractivity contribution is 8.01. The summed E-state index contributed by atoms with van der Waals surface area (Å²) in [5, 5.41) is 7.57. The van der Waals surface area contributed by atoms with E-state index in [0.717, 1.165) is 15.6 Å². The van der Waals surface area contributed by atoms with Crippen LogP contribution in [0.1, 0.15) is 18.2 Å². The van der Waals surface area contributed by atoms with Gasteiger partial charge in [0, 0.05) is 11.1 Å². The molecule has 0 saturated carbocycles. The lowest BCUT2D eigenvalue weighted by Gasteiger charge is -2.10. The lowest BCUT2D eigenvalue weighted by atomic mass is 10.2. The van der Waals surface area contributed by atoms with Crippen LogP contribution in [0.2, 0.25) is 0 Å². The van der Waals surface area contributed by atoms with Gasteiger partial charge in [-0.15, -0.1) is 11.3 Å². The zero-order valence-corrected chi connectivity index (χ0v) is 18.4. The molecule has 156 valence electrons. The maximum absolute atomic E-state index is 12.4. The molecule has 0 spiro atoms. The van der Waals surface area contributed by atoms with Crippen molar-refractivity contribution in [2.45, 2.75) is 24.6 Å². The van der Waals surface area contributed by atoms with Crippen LogP contribution in [-0.2, 0) is 16.0 Å². The Labute approximate surface area is 184 Å². The first-order chi connectivity index (χ1) is 14.5. The second-order valence-corrected chi connectivity index (χ2v) is 8.54.